The number of hydrogen-bond donors (Lipinski definition) is 0. The van der Waals surface area contributed by atoms with Gasteiger partial charge in [-0.15, -0.1) is 5.10 Å². The Morgan fingerprint density at radius 2 is 1.71 bits per heavy atom. The molecule has 0 saturated carbocycles. The van der Waals surface area contributed by atoms with Gasteiger partial charge in [-0.25, -0.2) is 4.68 Å². The second kappa shape index (κ2) is 6.11. The van der Waals surface area contributed by atoms with Crippen molar-refractivity contribution < 1.29 is 4.74 Å². The molecule has 7 heteroatoms. The van der Waals surface area contributed by atoms with Crippen LogP contribution in [0.5, 0.6) is 5.75 Å². The molecule has 0 radical (unpaired) electrons. The number of rotatable bonds is 4. The Hall–Kier alpha value is -2.11. The van der Waals surface area contributed by atoms with E-state index in [4.69, 9.17) is 27.9 Å². The van der Waals surface area contributed by atoms with E-state index in [-0.39, 0.29) is 0 Å². The van der Waals surface area contributed by atoms with E-state index < -0.39 is 0 Å². The van der Waals surface area contributed by atoms with Gasteiger partial charge in [0.2, 0.25) is 0 Å². The lowest BCUT2D eigenvalue weighted by molar-refractivity contribution is 0.306. The molecule has 0 bridgehead atoms. The summed E-state index contributed by atoms with van der Waals surface area (Å²) in [6.45, 7) is 0.308. The highest BCUT2D eigenvalue weighted by atomic mass is 35.5. The molecule has 0 aliphatic heterocycles. The van der Waals surface area contributed by atoms with Crippen LogP contribution in [0.1, 0.15) is 5.56 Å². The van der Waals surface area contributed by atoms with E-state index >= 15 is 0 Å². The van der Waals surface area contributed by atoms with E-state index in [0.29, 0.717) is 22.4 Å². The molecule has 0 N–H and O–H groups in total. The highest BCUT2D eigenvalue weighted by Crippen LogP contribution is 2.26. The van der Waals surface area contributed by atoms with E-state index in [1.165, 1.54) is 6.33 Å². The highest BCUT2D eigenvalue weighted by molar-refractivity contribution is 6.35. The monoisotopic (exact) mass is 320 g/mol. The van der Waals surface area contributed by atoms with Gasteiger partial charge in [0.1, 0.15) is 18.7 Å². The van der Waals surface area contributed by atoms with Gasteiger partial charge in [-0.3, -0.25) is 0 Å². The minimum Gasteiger partial charge on any atom is -0.489 e. The minimum atomic E-state index is 0.308. The number of ether oxygens (including phenoxy) is 1. The third-order valence-electron chi connectivity index (χ3n) is 2.90. The van der Waals surface area contributed by atoms with Crippen molar-refractivity contribution >= 4 is 23.2 Å². The number of aromatic nitrogens is 4. The Morgan fingerprint density at radius 1 is 1.00 bits per heavy atom. The van der Waals surface area contributed by atoms with Crippen LogP contribution in [-0.4, -0.2) is 20.2 Å². The zero-order valence-corrected chi connectivity index (χ0v) is 12.3. The summed E-state index contributed by atoms with van der Waals surface area (Å²) >= 11 is 12.2. The zero-order valence-electron chi connectivity index (χ0n) is 10.8. The van der Waals surface area contributed by atoms with Crippen molar-refractivity contribution in [1.82, 2.24) is 20.2 Å². The lowest BCUT2D eigenvalue weighted by Gasteiger charge is -2.09. The molecular weight excluding hydrogens is 311 g/mol. The smallest absolute Gasteiger partial charge is 0.143 e. The summed E-state index contributed by atoms with van der Waals surface area (Å²) in [7, 11) is 0. The first kappa shape index (κ1) is 13.9. The summed E-state index contributed by atoms with van der Waals surface area (Å²) in [4.78, 5) is 0. The molecule has 2 aromatic carbocycles. The Morgan fingerprint density at radius 3 is 2.33 bits per heavy atom. The average Bonchev–Trinajstić information content (AvgIpc) is 3.02. The summed E-state index contributed by atoms with van der Waals surface area (Å²) in [5, 5.41) is 12.2. The Kier molecular flexibility index (Phi) is 4.03. The SMILES string of the molecule is Clc1cccc(Cl)c1COc1ccc(-n2cnnn2)cc1. The summed E-state index contributed by atoms with van der Waals surface area (Å²) in [5.74, 6) is 0.711. The second-order valence-electron chi connectivity index (χ2n) is 4.24. The van der Waals surface area contributed by atoms with Gasteiger partial charge in [-0.1, -0.05) is 29.3 Å². The summed E-state index contributed by atoms with van der Waals surface area (Å²) in [6, 6.07) is 12.8. The summed E-state index contributed by atoms with van der Waals surface area (Å²) in [6.07, 6.45) is 1.53. The fourth-order valence-corrected chi connectivity index (χ4v) is 2.31. The molecule has 0 unspecified atom stereocenters. The van der Waals surface area contributed by atoms with E-state index in [0.717, 1.165) is 11.3 Å². The van der Waals surface area contributed by atoms with Gasteiger partial charge in [0.05, 0.1) is 5.69 Å². The Balaban J connectivity index is 1.71. The van der Waals surface area contributed by atoms with Crippen molar-refractivity contribution in [3.05, 3.63) is 64.4 Å². The molecule has 0 atom stereocenters. The lowest BCUT2D eigenvalue weighted by Crippen LogP contribution is -1.98. The molecular formula is C14H10Cl2N4O. The predicted molar refractivity (Wildman–Crippen MR) is 79.9 cm³/mol. The van der Waals surface area contributed by atoms with E-state index in [1.807, 2.05) is 24.3 Å². The first-order valence-corrected chi connectivity index (χ1v) is 6.89. The van der Waals surface area contributed by atoms with Crippen molar-refractivity contribution in [2.24, 2.45) is 0 Å². The topological polar surface area (TPSA) is 52.8 Å². The molecule has 1 heterocycles. The second-order valence-corrected chi connectivity index (χ2v) is 5.05. The van der Waals surface area contributed by atoms with Crippen LogP contribution in [0.2, 0.25) is 10.0 Å². The van der Waals surface area contributed by atoms with E-state index in [1.54, 1.807) is 22.9 Å². The summed E-state index contributed by atoms with van der Waals surface area (Å²) in [5.41, 5.74) is 1.62. The normalized spacial score (nSPS) is 10.6. The number of hydrogen-bond acceptors (Lipinski definition) is 4. The molecule has 0 saturated heterocycles. The summed E-state index contributed by atoms with van der Waals surface area (Å²) < 4.78 is 7.26. The van der Waals surface area contributed by atoms with E-state index in [2.05, 4.69) is 15.5 Å². The predicted octanol–water partition coefficient (Wildman–Crippen LogP) is 3.55. The van der Waals surface area contributed by atoms with Crippen molar-refractivity contribution in [3.63, 3.8) is 0 Å². The van der Waals surface area contributed by atoms with Gasteiger partial charge in [-0.2, -0.15) is 0 Å². The molecule has 0 spiro atoms. The van der Waals surface area contributed by atoms with Gasteiger partial charge in [0.15, 0.2) is 0 Å². The van der Waals surface area contributed by atoms with Crippen LogP contribution in [0, 0.1) is 0 Å². The van der Waals surface area contributed by atoms with Gasteiger partial charge >= 0.3 is 0 Å². The molecule has 106 valence electrons. The zero-order chi connectivity index (χ0) is 14.7. The van der Waals surface area contributed by atoms with Crippen molar-refractivity contribution in [1.29, 1.82) is 0 Å². The maximum atomic E-state index is 6.10. The number of halogens is 2. The fraction of sp³-hybridized carbons (Fsp3) is 0.0714. The van der Waals surface area contributed by atoms with Crippen LogP contribution < -0.4 is 4.74 Å². The van der Waals surface area contributed by atoms with E-state index in [9.17, 15) is 0 Å². The maximum Gasteiger partial charge on any atom is 0.143 e. The molecule has 1 aromatic heterocycles. The van der Waals surface area contributed by atoms with Gasteiger partial charge in [0.25, 0.3) is 0 Å². The van der Waals surface area contributed by atoms with Crippen LogP contribution in [0.3, 0.4) is 0 Å². The first-order chi connectivity index (χ1) is 10.2. The third kappa shape index (κ3) is 3.15. The number of tetrazole rings is 1. The number of benzene rings is 2. The van der Waals surface area contributed by atoms with Gasteiger partial charge < -0.3 is 4.74 Å². The molecule has 21 heavy (non-hydrogen) atoms. The van der Waals surface area contributed by atoms with Crippen LogP contribution in [0.4, 0.5) is 0 Å². The fourth-order valence-electron chi connectivity index (χ4n) is 1.80. The number of nitrogens with zero attached hydrogens (tertiary/aromatic N) is 4. The van der Waals surface area contributed by atoms with Crippen molar-refractivity contribution in [2.75, 3.05) is 0 Å². The third-order valence-corrected chi connectivity index (χ3v) is 3.60. The van der Waals surface area contributed by atoms with Crippen LogP contribution in [-0.2, 0) is 6.61 Å². The average molecular weight is 321 g/mol. The largest absolute Gasteiger partial charge is 0.489 e. The molecule has 0 fully saturated rings. The molecule has 0 amide bonds. The molecule has 0 aliphatic rings. The Labute approximate surface area is 131 Å². The molecule has 3 aromatic rings. The Bertz CT molecular complexity index is 709. The standard InChI is InChI=1S/C14H10Cl2N4O/c15-13-2-1-3-14(16)12(13)8-21-11-6-4-10(5-7-11)20-9-17-18-19-20/h1-7,9H,8H2. The lowest BCUT2D eigenvalue weighted by atomic mass is 10.2. The highest BCUT2D eigenvalue weighted by Gasteiger charge is 2.06. The van der Waals surface area contributed by atoms with Crippen molar-refractivity contribution in [3.8, 4) is 11.4 Å². The molecule has 3 rings (SSSR count). The molecule has 0 aliphatic carbocycles. The minimum absolute atomic E-state index is 0.308. The first-order valence-electron chi connectivity index (χ1n) is 6.13. The van der Waals surface area contributed by atoms with Gasteiger partial charge in [0, 0.05) is 15.6 Å². The van der Waals surface area contributed by atoms with Crippen LogP contribution in [0.15, 0.2) is 48.8 Å². The maximum absolute atomic E-state index is 6.10. The van der Waals surface area contributed by atoms with Crippen LogP contribution in [0.25, 0.3) is 5.69 Å². The quantitative estimate of drug-likeness (QED) is 0.737. The van der Waals surface area contributed by atoms with Crippen LogP contribution >= 0.6 is 23.2 Å². The molecule has 5 nitrogen and oxygen atoms in total. The van der Waals surface area contributed by atoms with Gasteiger partial charge in [-0.05, 0) is 46.8 Å². The van der Waals surface area contributed by atoms with Crippen molar-refractivity contribution in [2.45, 2.75) is 6.61 Å².